The summed E-state index contributed by atoms with van der Waals surface area (Å²) in [6.45, 7) is 0. The van der Waals surface area contributed by atoms with Crippen molar-refractivity contribution in [1.29, 1.82) is 0 Å². The zero-order valence-corrected chi connectivity index (χ0v) is 19.0. The fraction of sp³-hybridized carbons (Fsp3) is 0.273. The van der Waals surface area contributed by atoms with Crippen LogP contribution in [0.5, 0.6) is 0 Å². The predicted octanol–water partition coefficient (Wildman–Crippen LogP) is 5.87. The zero-order chi connectivity index (χ0) is 22.9. The van der Waals surface area contributed by atoms with E-state index in [0.717, 1.165) is 42.6 Å². The van der Waals surface area contributed by atoms with Crippen LogP contribution in [0, 0.1) is 10.1 Å². The van der Waals surface area contributed by atoms with E-state index in [1.807, 2.05) is 16.8 Å². The Labute approximate surface area is 197 Å². The number of nitrogens with one attached hydrogen (secondary N) is 1. The van der Waals surface area contributed by atoms with Crippen molar-refractivity contribution in [3.05, 3.63) is 62.6 Å². The van der Waals surface area contributed by atoms with Crippen molar-refractivity contribution in [1.82, 2.24) is 19.7 Å². The van der Waals surface area contributed by atoms with Crippen molar-refractivity contribution in [2.45, 2.75) is 38.1 Å². The van der Waals surface area contributed by atoms with Gasteiger partial charge in [0, 0.05) is 16.7 Å². The SMILES string of the molecule is O=C(Nc1nc(-c2ccc(Cl)cc2)nc2c1cnn2C1CCCCC1)c1ccc([N+](=O)[O-])s1. The Morgan fingerprint density at radius 1 is 1.12 bits per heavy atom. The van der Waals surface area contributed by atoms with Crippen LogP contribution >= 0.6 is 22.9 Å². The van der Waals surface area contributed by atoms with E-state index in [1.54, 1.807) is 18.3 Å². The molecule has 1 aliphatic rings. The van der Waals surface area contributed by atoms with Crippen LogP contribution in [0.2, 0.25) is 5.02 Å². The Morgan fingerprint density at radius 2 is 1.88 bits per heavy atom. The highest BCUT2D eigenvalue weighted by molar-refractivity contribution is 7.17. The number of amides is 1. The van der Waals surface area contributed by atoms with Crippen molar-refractivity contribution in [2.24, 2.45) is 0 Å². The zero-order valence-electron chi connectivity index (χ0n) is 17.4. The van der Waals surface area contributed by atoms with Gasteiger partial charge in [-0.25, -0.2) is 14.6 Å². The number of hydrogen-bond acceptors (Lipinski definition) is 7. The molecule has 3 aromatic heterocycles. The van der Waals surface area contributed by atoms with E-state index in [4.69, 9.17) is 16.6 Å². The van der Waals surface area contributed by atoms with Crippen LogP contribution in [0.3, 0.4) is 0 Å². The third-order valence-corrected chi connectivity index (χ3v) is 6.99. The largest absolute Gasteiger partial charge is 0.324 e. The van der Waals surface area contributed by atoms with Crippen molar-refractivity contribution < 1.29 is 9.72 Å². The van der Waals surface area contributed by atoms with Gasteiger partial charge < -0.3 is 5.32 Å². The maximum absolute atomic E-state index is 12.9. The molecule has 0 spiro atoms. The van der Waals surface area contributed by atoms with E-state index in [2.05, 4.69) is 15.4 Å². The topological polar surface area (TPSA) is 116 Å². The molecule has 9 nitrogen and oxygen atoms in total. The number of nitrogens with zero attached hydrogens (tertiary/aromatic N) is 5. The number of hydrogen-bond donors (Lipinski definition) is 1. The second-order valence-corrected chi connectivity index (χ2v) is 9.37. The predicted molar refractivity (Wildman–Crippen MR) is 127 cm³/mol. The summed E-state index contributed by atoms with van der Waals surface area (Å²) in [6, 6.07) is 10.1. The first kappa shape index (κ1) is 21.5. The smallest absolute Gasteiger partial charge is 0.305 e. The average molecular weight is 483 g/mol. The number of carbonyl (C=O) groups is 1. The summed E-state index contributed by atoms with van der Waals surface area (Å²) < 4.78 is 1.93. The second-order valence-electron chi connectivity index (χ2n) is 7.87. The molecule has 0 saturated heterocycles. The fourth-order valence-corrected chi connectivity index (χ4v) is 4.90. The van der Waals surface area contributed by atoms with Crippen molar-refractivity contribution in [2.75, 3.05) is 5.32 Å². The number of aromatic nitrogens is 4. The summed E-state index contributed by atoms with van der Waals surface area (Å²) in [5.74, 6) is 0.276. The molecule has 1 aliphatic carbocycles. The number of halogens is 1. The number of nitro groups is 1. The molecule has 0 radical (unpaired) electrons. The Morgan fingerprint density at radius 3 is 2.58 bits per heavy atom. The summed E-state index contributed by atoms with van der Waals surface area (Å²) in [6.07, 6.45) is 7.22. The number of fused-ring (bicyclic) bond motifs is 1. The number of carbonyl (C=O) groups excluding carboxylic acids is 1. The van der Waals surface area contributed by atoms with Crippen LogP contribution in [0.4, 0.5) is 10.8 Å². The average Bonchev–Trinajstić information content (AvgIpc) is 3.48. The van der Waals surface area contributed by atoms with Crippen molar-refractivity contribution in [3.8, 4) is 11.4 Å². The molecular formula is C22H19ClN6O3S. The Balaban J connectivity index is 1.58. The van der Waals surface area contributed by atoms with Gasteiger partial charge in [0.25, 0.3) is 5.91 Å². The highest BCUT2D eigenvalue weighted by Gasteiger charge is 2.23. The van der Waals surface area contributed by atoms with E-state index in [1.165, 1.54) is 18.6 Å². The molecule has 168 valence electrons. The van der Waals surface area contributed by atoms with Gasteiger partial charge in [0.1, 0.15) is 5.82 Å². The fourth-order valence-electron chi connectivity index (χ4n) is 4.06. The Kier molecular flexibility index (Phi) is 5.77. The minimum Gasteiger partial charge on any atom is -0.305 e. The molecule has 0 unspecified atom stereocenters. The van der Waals surface area contributed by atoms with E-state index < -0.39 is 10.8 Å². The number of anilines is 1. The first-order valence-corrected chi connectivity index (χ1v) is 11.8. The summed E-state index contributed by atoms with van der Waals surface area (Å²) >= 11 is 6.85. The normalized spacial score (nSPS) is 14.5. The van der Waals surface area contributed by atoms with Crippen LogP contribution in [0.1, 0.15) is 47.8 Å². The lowest BCUT2D eigenvalue weighted by atomic mass is 9.96. The maximum atomic E-state index is 12.9. The van der Waals surface area contributed by atoms with E-state index in [0.29, 0.717) is 27.7 Å². The minimum absolute atomic E-state index is 0.0973. The molecule has 5 rings (SSSR count). The van der Waals surface area contributed by atoms with Crippen LogP contribution < -0.4 is 5.32 Å². The molecule has 1 N–H and O–H groups in total. The lowest BCUT2D eigenvalue weighted by Crippen LogP contribution is -2.15. The molecule has 1 fully saturated rings. The molecule has 1 aromatic carbocycles. The number of thiophene rings is 1. The molecule has 0 atom stereocenters. The van der Waals surface area contributed by atoms with Crippen LogP contribution in [-0.2, 0) is 0 Å². The third-order valence-electron chi connectivity index (χ3n) is 5.70. The maximum Gasteiger partial charge on any atom is 0.324 e. The van der Waals surface area contributed by atoms with Gasteiger partial charge in [0.05, 0.1) is 27.4 Å². The molecular weight excluding hydrogens is 464 g/mol. The van der Waals surface area contributed by atoms with Gasteiger partial charge in [0.2, 0.25) is 0 Å². The first-order chi connectivity index (χ1) is 16.0. The Bertz CT molecular complexity index is 1340. The molecule has 1 saturated carbocycles. The summed E-state index contributed by atoms with van der Waals surface area (Å²) in [5, 5.41) is 19.5. The van der Waals surface area contributed by atoms with Gasteiger partial charge >= 0.3 is 5.00 Å². The lowest BCUT2D eigenvalue weighted by molar-refractivity contribution is -0.380. The third kappa shape index (κ3) is 4.31. The van der Waals surface area contributed by atoms with Gasteiger partial charge in [-0.05, 0) is 43.2 Å². The summed E-state index contributed by atoms with van der Waals surface area (Å²) in [7, 11) is 0. The summed E-state index contributed by atoms with van der Waals surface area (Å²) in [4.78, 5) is 32.9. The van der Waals surface area contributed by atoms with Gasteiger partial charge in [-0.3, -0.25) is 14.9 Å². The quantitative estimate of drug-likeness (QED) is 0.280. The van der Waals surface area contributed by atoms with Crippen LogP contribution in [0.15, 0.2) is 42.6 Å². The van der Waals surface area contributed by atoms with Crippen molar-refractivity contribution in [3.63, 3.8) is 0 Å². The minimum atomic E-state index is -0.517. The molecule has 4 aromatic rings. The van der Waals surface area contributed by atoms with Crippen LogP contribution in [-0.4, -0.2) is 30.6 Å². The molecule has 11 heteroatoms. The van der Waals surface area contributed by atoms with Gasteiger partial charge in [-0.2, -0.15) is 5.10 Å². The Hall–Kier alpha value is -3.37. The highest BCUT2D eigenvalue weighted by atomic mass is 35.5. The van der Waals surface area contributed by atoms with Crippen LogP contribution in [0.25, 0.3) is 22.4 Å². The molecule has 0 bridgehead atoms. The van der Waals surface area contributed by atoms with E-state index in [-0.39, 0.29) is 15.9 Å². The number of benzene rings is 1. The van der Waals surface area contributed by atoms with Gasteiger partial charge in [0.15, 0.2) is 11.5 Å². The molecule has 3 heterocycles. The first-order valence-electron chi connectivity index (χ1n) is 10.6. The number of rotatable bonds is 5. The van der Waals surface area contributed by atoms with E-state index >= 15 is 0 Å². The van der Waals surface area contributed by atoms with Crippen molar-refractivity contribution >= 4 is 50.7 Å². The lowest BCUT2D eigenvalue weighted by Gasteiger charge is -2.22. The summed E-state index contributed by atoms with van der Waals surface area (Å²) in [5.41, 5.74) is 1.40. The van der Waals surface area contributed by atoms with Gasteiger partial charge in [-0.15, -0.1) is 0 Å². The highest BCUT2D eigenvalue weighted by Crippen LogP contribution is 2.33. The molecule has 33 heavy (non-hydrogen) atoms. The molecule has 0 aliphatic heterocycles. The second kappa shape index (κ2) is 8.87. The van der Waals surface area contributed by atoms with Gasteiger partial charge in [-0.1, -0.05) is 42.2 Å². The van der Waals surface area contributed by atoms with E-state index in [9.17, 15) is 14.9 Å². The molecule has 1 amide bonds. The monoisotopic (exact) mass is 482 g/mol. The standard InChI is InChI=1S/C22H19ClN6O3S/c23-14-8-6-13(7-9-14)19-25-20(27-22(30)17-10-11-18(33-17)29(31)32)16-12-24-28(21(16)26-19)15-4-2-1-3-5-15/h6-12,15H,1-5H2,(H,25,26,27,30).